The van der Waals surface area contributed by atoms with Crippen LogP contribution < -0.4 is 0 Å². The Labute approximate surface area is 249 Å². The number of halogens is 13. The maximum Gasteiger partial charge on any atom is 0.460 e. The molecule has 2 heterocycles. The van der Waals surface area contributed by atoms with E-state index >= 15 is 8.78 Å². The quantitative estimate of drug-likeness (QED) is 0.112. The highest BCUT2D eigenvalue weighted by molar-refractivity contribution is 5.73. The summed E-state index contributed by atoms with van der Waals surface area (Å²) in [6, 6.07) is 0. The van der Waals surface area contributed by atoms with Gasteiger partial charge in [-0.3, -0.25) is 0 Å². The van der Waals surface area contributed by atoms with Crippen molar-refractivity contribution in [3.05, 3.63) is 0 Å². The van der Waals surface area contributed by atoms with Crippen LogP contribution >= 0.6 is 0 Å². The number of carboxylic acid groups (broad SMARTS) is 2. The summed E-state index contributed by atoms with van der Waals surface area (Å²) in [4.78, 5) is 22.4. The van der Waals surface area contributed by atoms with Gasteiger partial charge < -0.3 is 59.8 Å². The normalized spacial score (nSPS) is 34.2. The van der Waals surface area contributed by atoms with Gasteiger partial charge in [-0.25, -0.2) is 9.59 Å². The summed E-state index contributed by atoms with van der Waals surface area (Å²) in [6.45, 7) is -2.69. The SMILES string of the molecule is O=C(O)[C@H]1O[C@@H](OCC(O[C@@H]2O[C@H](C(=O)O)[C@@H](O)[C@H](O)[C@H]2O)C(F)(F)C(F)(F)C(F)(F)C(F)(F)C(F)(F)C(F)(F)F)[C@H](O)[C@@H](O)[C@@H]1O. The third kappa shape index (κ3) is 6.78. The van der Waals surface area contributed by atoms with Crippen LogP contribution in [0.3, 0.4) is 0 Å². The summed E-state index contributed by atoms with van der Waals surface area (Å²) in [5.74, 6) is -44.9. The highest BCUT2D eigenvalue weighted by Gasteiger charge is 2.91. The number of carbonyl (C=O) groups is 2. The maximum atomic E-state index is 15.1. The predicted molar refractivity (Wildman–Crippen MR) is 110 cm³/mol. The van der Waals surface area contributed by atoms with Gasteiger partial charge in [0.1, 0.15) is 36.6 Å². The lowest BCUT2D eigenvalue weighted by Crippen LogP contribution is -2.72. The van der Waals surface area contributed by atoms with E-state index in [2.05, 4.69) is 18.9 Å². The topological polar surface area (TPSA) is 233 Å². The zero-order valence-electron chi connectivity index (χ0n) is 22.0. The Balaban J connectivity index is 2.63. The van der Waals surface area contributed by atoms with Crippen molar-refractivity contribution in [1.29, 1.82) is 0 Å². The standard InChI is InChI=1S/C20H21F13O14/c21-15(22,16(23,24)17(25,26)18(27,28)19(29,30)20(31,32)33)2(45-14-8(39)4(35)6(37)10(47-14)12(42)43)1-44-13-7(38)3(34)5(36)9(46-13)11(40)41/h2-10,13-14,34-39H,1H2,(H,40,41)(H,42,43)/t2?,3-,4-,5-,6-,7+,8+,9-,10-,13+,14+/m0/s1. The first-order valence-electron chi connectivity index (χ1n) is 12.0. The highest BCUT2D eigenvalue weighted by Crippen LogP contribution is 2.61. The molecule has 0 bridgehead atoms. The summed E-state index contributed by atoms with van der Waals surface area (Å²) < 4.78 is 196. The summed E-state index contributed by atoms with van der Waals surface area (Å²) in [5.41, 5.74) is 0. The van der Waals surface area contributed by atoms with Gasteiger partial charge in [0.2, 0.25) is 0 Å². The molecule has 0 aromatic carbocycles. The van der Waals surface area contributed by atoms with Crippen LogP contribution in [0.5, 0.6) is 0 Å². The van der Waals surface area contributed by atoms with Crippen molar-refractivity contribution in [2.45, 2.75) is 103 Å². The molecule has 2 fully saturated rings. The van der Waals surface area contributed by atoms with E-state index < -0.39 is 122 Å². The molecule has 276 valence electrons. The zero-order chi connectivity index (χ0) is 37.0. The van der Waals surface area contributed by atoms with E-state index in [1.165, 1.54) is 0 Å². The fourth-order valence-corrected chi connectivity index (χ4v) is 3.91. The molecule has 2 aliphatic rings. The van der Waals surface area contributed by atoms with E-state index in [0.29, 0.717) is 0 Å². The van der Waals surface area contributed by atoms with Gasteiger partial charge in [-0.1, -0.05) is 0 Å². The monoisotopic (exact) mass is 732 g/mol. The average molecular weight is 732 g/mol. The molecule has 0 saturated carbocycles. The van der Waals surface area contributed by atoms with Crippen molar-refractivity contribution in [3.8, 4) is 0 Å². The minimum atomic E-state index is -8.41. The van der Waals surface area contributed by atoms with Gasteiger partial charge in [-0.2, -0.15) is 57.1 Å². The molecule has 27 heteroatoms. The fourth-order valence-electron chi connectivity index (χ4n) is 3.91. The number of ether oxygens (including phenoxy) is 4. The summed E-state index contributed by atoms with van der Waals surface area (Å²) >= 11 is 0. The van der Waals surface area contributed by atoms with Crippen LogP contribution in [0.25, 0.3) is 0 Å². The largest absolute Gasteiger partial charge is 0.479 e. The molecular weight excluding hydrogens is 711 g/mol. The Bertz CT molecular complexity index is 1140. The molecule has 1 unspecified atom stereocenters. The average Bonchev–Trinajstić information content (AvgIpc) is 2.93. The number of carboxylic acids is 2. The highest BCUT2D eigenvalue weighted by atomic mass is 19.4. The van der Waals surface area contributed by atoms with Crippen molar-refractivity contribution in [2.75, 3.05) is 6.61 Å². The molecule has 0 spiro atoms. The molecule has 11 atom stereocenters. The van der Waals surface area contributed by atoms with Crippen LogP contribution in [0.15, 0.2) is 0 Å². The first-order chi connectivity index (χ1) is 20.9. The smallest absolute Gasteiger partial charge is 0.460 e. The van der Waals surface area contributed by atoms with E-state index in [9.17, 15) is 88.5 Å². The Kier molecular flexibility index (Phi) is 11.4. The van der Waals surface area contributed by atoms with E-state index in [1.807, 2.05) is 0 Å². The Morgan fingerprint density at radius 3 is 1.30 bits per heavy atom. The second-order valence-corrected chi connectivity index (χ2v) is 9.85. The lowest BCUT2D eigenvalue weighted by atomic mass is 9.91. The van der Waals surface area contributed by atoms with E-state index in [1.54, 1.807) is 0 Å². The lowest BCUT2D eigenvalue weighted by molar-refractivity contribution is -0.449. The molecule has 0 aromatic heterocycles. The van der Waals surface area contributed by atoms with Crippen LogP contribution in [0.1, 0.15) is 0 Å². The Morgan fingerprint density at radius 1 is 0.553 bits per heavy atom. The van der Waals surface area contributed by atoms with Gasteiger partial charge >= 0.3 is 47.7 Å². The number of hydrogen-bond acceptors (Lipinski definition) is 12. The number of hydrogen-bond donors (Lipinski definition) is 8. The minimum Gasteiger partial charge on any atom is -0.479 e. The molecule has 0 aliphatic carbocycles. The molecule has 14 nitrogen and oxygen atoms in total. The fraction of sp³-hybridized carbons (Fsp3) is 0.900. The van der Waals surface area contributed by atoms with Crippen molar-refractivity contribution in [3.63, 3.8) is 0 Å². The predicted octanol–water partition coefficient (Wildman–Crippen LogP) is -1.09. The number of alkyl halides is 13. The van der Waals surface area contributed by atoms with Gasteiger partial charge in [-0.05, 0) is 0 Å². The van der Waals surface area contributed by atoms with Crippen LogP contribution in [0.2, 0.25) is 0 Å². The third-order valence-electron chi connectivity index (χ3n) is 6.70. The summed E-state index contributed by atoms with van der Waals surface area (Å²) in [5, 5.41) is 76.5. The molecule has 0 aromatic rings. The second kappa shape index (κ2) is 13.2. The molecule has 2 aliphatic heterocycles. The number of aliphatic carboxylic acids is 2. The molecule has 2 rings (SSSR count). The van der Waals surface area contributed by atoms with E-state index in [4.69, 9.17) is 10.2 Å². The van der Waals surface area contributed by atoms with Crippen LogP contribution in [0, 0.1) is 0 Å². The summed E-state index contributed by atoms with van der Waals surface area (Å²) in [7, 11) is 0. The van der Waals surface area contributed by atoms with Crippen LogP contribution in [-0.2, 0) is 28.5 Å². The molecule has 2 saturated heterocycles. The zero-order valence-corrected chi connectivity index (χ0v) is 22.0. The van der Waals surface area contributed by atoms with E-state index in [-0.39, 0.29) is 0 Å². The molecule has 0 amide bonds. The van der Waals surface area contributed by atoms with Gasteiger partial charge in [0, 0.05) is 0 Å². The maximum absolute atomic E-state index is 15.1. The van der Waals surface area contributed by atoms with Crippen molar-refractivity contribution in [2.24, 2.45) is 0 Å². The summed E-state index contributed by atoms with van der Waals surface area (Å²) in [6.07, 6.45) is -40.7. The first-order valence-corrected chi connectivity index (χ1v) is 12.0. The first kappa shape index (κ1) is 40.8. The number of aliphatic hydroxyl groups excluding tert-OH is 6. The van der Waals surface area contributed by atoms with Gasteiger partial charge in [0.15, 0.2) is 30.9 Å². The molecule has 0 radical (unpaired) electrons. The number of rotatable bonds is 12. The van der Waals surface area contributed by atoms with Gasteiger partial charge in [-0.15, -0.1) is 0 Å². The molecule has 8 N–H and O–H groups in total. The van der Waals surface area contributed by atoms with Crippen molar-refractivity contribution < 1.29 is 126 Å². The minimum absolute atomic E-state index is 2.21. The lowest BCUT2D eigenvalue weighted by Gasteiger charge is -2.44. The third-order valence-corrected chi connectivity index (χ3v) is 6.70. The molecule has 47 heavy (non-hydrogen) atoms. The van der Waals surface area contributed by atoms with Crippen LogP contribution in [-0.4, -0.2) is 163 Å². The van der Waals surface area contributed by atoms with Crippen molar-refractivity contribution in [1.82, 2.24) is 0 Å². The Morgan fingerprint density at radius 2 is 0.915 bits per heavy atom. The molecular formula is C20H21F13O14. The van der Waals surface area contributed by atoms with Gasteiger partial charge in [0.25, 0.3) is 0 Å². The second-order valence-electron chi connectivity index (χ2n) is 9.85. The number of aliphatic hydroxyl groups is 6. The Hall–Kier alpha value is -2.37. The van der Waals surface area contributed by atoms with Gasteiger partial charge in [0.05, 0.1) is 6.61 Å². The van der Waals surface area contributed by atoms with Crippen LogP contribution in [0.4, 0.5) is 57.1 Å². The van der Waals surface area contributed by atoms with Crippen molar-refractivity contribution >= 4 is 11.9 Å². The van der Waals surface area contributed by atoms with E-state index in [0.717, 1.165) is 0 Å².